The molecule has 0 spiro atoms. The zero-order chi connectivity index (χ0) is 29.3. The zero-order valence-electron chi connectivity index (χ0n) is 23.3. The molecule has 0 unspecified atom stereocenters. The van der Waals surface area contributed by atoms with Gasteiger partial charge in [-0.05, 0) is 61.7 Å². The van der Waals surface area contributed by atoms with Crippen molar-refractivity contribution in [2.75, 3.05) is 24.5 Å². The quantitative estimate of drug-likeness (QED) is 0.323. The highest BCUT2D eigenvalue weighted by molar-refractivity contribution is 7.92. The van der Waals surface area contributed by atoms with Crippen molar-refractivity contribution in [1.82, 2.24) is 10.2 Å². The summed E-state index contributed by atoms with van der Waals surface area (Å²) in [5.74, 6) is -1.15. The van der Waals surface area contributed by atoms with Crippen molar-refractivity contribution in [3.05, 3.63) is 89.7 Å². The average Bonchev–Trinajstić information content (AvgIpc) is 2.95. The topological polar surface area (TPSA) is 96.0 Å². The lowest BCUT2D eigenvalue weighted by molar-refractivity contribution is -0.140. The second-order valence-corrected chi connectivity index (χ2v) is 11.2. The predicted octanol–water partition coefficient (Wildman–Crippen LogP) is 4.67. The van der Waals surface area contributed by atoms with Crippen LogP contribution in [0.2, 0.25) is 0 Å². The van der Waals surface area contributed by atoms with E-state index >= 15 is 4.39 Å². The molecule has 0 aliphatic rings. The summed E-state index contributed by atoms with van der Waals surface area (Å²) in [6.07, 6.45) is 1.01. The van der Waals surface area contributed by atoms with Crippen molar-refractivity contribution in [3.8, 4) is 5.75 Å². The SMILES string of the molecule is CCCNC(=O)[C@H](CC)N(Cc1ccc(OC)cc1)C(=O)CN(c1ccccc1F)S(=O)(=O)c1ccc(C)cc1. The van der Waals surface area contributed by atoms with Crippen LogP contribution < -0.4 is 14.4 Å². The first-order chi connectivity index (χ1) is 19.1. The molecule has 8 nitrogen and oxygen atoms in total. The molecule has 1 N–H and O–H groups in total. The fourth-order valence-electron chi connectivity index (χ4n) is 4.22. The van der Waals surface area contributed by atoms with E-state index in [1.807, 2.05) is 13.8 Å². The summed E-state index contributed by atoms with van der Waals surface area (Å²) in [6.45, 7) is 5.29. The first kappa shape index (κ1) is 30.6. The second-order valence-electron chi connectivity index (χ2n) is 9.36. The van der Waals surface area contributed by atoms with E-state index < -0.39 is 34.3 Å². The molecule has 0 saturated heterocycles. The number of hydrogen-bond donors (Lipinski definition) is 1. The standard InChI is InChI=1S/C30H36FN3O5S/c1-5-19-32-30(36)27(6-2)33(20-23-13-15-24(39-4)16-14-23)29(35)21-34(28-10-8-7-9-26(28)31)40(37,38)25-17-11-22(3)12-18-25/h7-18,27H,5-6,19-21H2,1-4H3,(H,32,36)/t27-/m0/s1. The molecule has 0 aliphatic heterocycles. The molecule has 0 saturated carbocycles. The number of hydrogen-bond acceptors (Lipinski definition) is 5. The highest BCUT2D eigenvalue weighted by atomic mass is 32.2. The Morgan fingerprint density at radius 1 is 0.975 bits per heavy atom. The van der Waals surface area contributed by atoms with E-state index in [0.29, 0.717) is 25.1 Å². The third-order valence-corrected chi connectivity index (χ3v) is 8.23. The molecule has 0 fully saturated rings. The van der Waals surface area contributed by atoms with E-state index in [1.54, 1.807) is 50.4 Å². The Bertz CT molecular complexity index is 1400. The van der Waals surface area contributed by atoms with Crippen molar-refractivity contribution >= 4 is 27.5 Å². The maximum atomic E-state index is 15.0. The molecule has 3 aromatic carbocycles. The van der Waals surface area contributed by atoms with Crippen molar-refractivity contribution in [2.45, 2.75) is 51.1 Å². The molecule has 0 bridgehead atoms. The van der Waals surface area contributed by atoms with Gasteiger partial charge >= 0.3 is 0 Å². The number of halogens is 1. The van der Waals surface area contributed by atoms with Crippen LogP contribution >= 0.6 is 0 Å². The molecule has 1 atom stereocenters. The third kappa shape index (κ3) is 7.38. The van der Waals surface area contributed by atoms with Crippen LogP contribution in [-0.4, -0.2) is 51.4 Å². The maximum absolute atomic E-state index is 15.0. The van der Waals surface area contributed by atoms with Crippen LogP contribution in [0.25, 0.3) is 0 Å². The first-order valence-corrected chi connectivity index (χ1v) is 14.6. The summed E-state index contributed by atoms with van der Waals surface area (Å²) in [5.41, 5.74) is 1.31. The molecule has 2 amide bonds. The summed E-state index contributed by atoms with van der Waals surface area (Å²) in [5, 5.41) is 2.83. The molecule has 0 aliphatic carbocycles. The Morgan fingerprint density at radius 2 is 1.62 bits per heavy atom. The molecular formula is C30H36FN3O5S. The molecule has 214 valence electrons. The lowest BCUT2D eigenvalue weighted by Gasteiger charge is -2.33. The van der Waals surface area contributed by atoms with Crippen LogP contribution in [-0.2, 0) is 26.2 Å². The van der Waals surface area contributed by atoms with Crippen molar-refractivity contribution in [2.24, 2.45) is 0 Å². The van der Waals surface area contributed by atoms with E-state index in [0.717, 1.165) is 21.5 Å². The van der Waals surface area contributed by atoms with Gasteiger partial charge in [0, 0.05) is 13.1 Å². The van der Waals surface area contributed by atoms with Gasteiger partial charge in [-0.1, -0.05) is 55.8 Å². The predicted molar refractivity (Wildman–Crippen MR) is 153 cm³/mol. The molecule has 0 aromatic heterocycles. The normalized spacial score (nSPS) is 11.9. The largest absolute Gasteiger partial charge is 0.497 e. The summed E-state index contributed by atoms with van der Waals surface area (Å²) in [7, 11) is -2.80. The van der Waals surface area contributed by atoms with Gasteiger partial charge in [0.15, 0.2) is 0 Å². The second kappa shape index (κ2) is 13.9. The van der Waals surface area contributed by atoms with Crippen molar-refractivity contribution < 1.29 is 27.1 Å². The van der Waals surface area contributed by atoms with Gasteiger partial charge in [0.1, 0.15) is 24.2 Å². The van der Waals surface area contributed by atoms with Crippen molar-refractivity contribution in [1.29, 1.82) is 0 Å². The number of carbonyl (C=O) groups excluding carboxylic acids is 2. The Morgan fingerprint density at radius 3 is 2.20 bits per heavy atom. The highest BCUT2D eigenvalue weighted by Crippen LogP contribution is 2.27. The van der Waals surface area contributed by atoms with E-state index in [1.165, 1.54) is 35.2 Å². The van der Waals surface area contributed by atoms with Gasteiger partial charge in [0.25, 0.3) is 10.0 Å². The Labute approximate surface area is 235 Å². The van der Waals surface area contributed by atoms with Crippen LogP contribution in [0.5, 0.6) is 5.75 Å². The Kier molecular flexibility index (Phi) is 10.7. The molecule has 3 rings (SSSR count). The number of nitrogens with zero attached hydrogens (tertiary/aromatic N) is 2. The van der Waals surface area contributed by atoms with Crippen LogP contribution in [0, 0.1) is 12.7 Å². The fraction of sp³-hybridized carbons (Fsp3) is 0.333. The summed E-state index contributed by atoms with van der Waals surface area (Å²) < 4.78 is 48.6. The number of benzene rings is 3. The van der Waals surface area contributed by atoms with Crippen molar-refractivity contribution in [3.63, 3.8) is 0 Å². The van der Waals surface area contributed by atoms with Gasteiger partial charge in [0.2, 0.25) is 11.8 Å². The number of anilines is 1. The number of aryl methyl sites for hydroxylation is 1. The molecule has 0 radical (unpaired) electrons. The van der Waals surface area contributed by atoms with Gasteiger partial charge < -0.3 is 15.0 Å². The van der Waals surface area contributed by atoms with Gasteiger partial charge in [-0.25, -0.2) is 12.8 Å². The number of nitrogens with one attached hydrogen (secondary N) is 1. The number of methoxy groups -OCH3 is 1. The van der Waals surface area contributed by atoms with E-state index in [9.17, 15) is 18.0 Å². The number of sulfonamides is 1. The minimum absolute atomic E-state index is 0.0383. The molecule has 3 aromatic rings. The van der Waals surface area contributed by atoms with E-state index in [4.69, 9.17) is 4.74 Å². The van der Waals surface area contributed by atoms with Crippen LogP contribution in [0.4, 0.5) is 10.1 Å². The molecule has 40 heavy (non-hydrogen) atoms. The first-order valence-electron chi connectivity index (χ1n) is 13.2. The number of para-hydroxylation sites is 1. The minimum atomic E-state index is -4.34. The lowest BCUT2D eigenvalue weighted by Crippen LogP contribution is -2.52. The lowest BCUT2D eigenvalue weighted by atomic mass is 10.1. The number of amides is 2. The fourth-order valence-corrected chi connectivity index (χ4v) is 5.64. The Balaban J connectivity index is 2.05. The molecular weight excluding hydrogens is 533 g/mol. The zero-order valence-corrected chi connectivity index (χ0v) is 24.1. The Hall–Kier alpha value is -3.92. The number of rotatable bonds is 13. The van der Waals surface area contributed by atoms with Gasteiger partial charge in [-0.2, -0.15) is 0 Å². The molecule has 0 heterocycles. The van der Waals surface area contributed by atoms with Crippen LogP contribution in [0.15, 0.2) is 77.7 Å². The van der Waals surface area contributed by atoms with Gasteiger partial charge in [-0.3, -0.25) is 13.9 Å². The number of ether oxygens (including phenoxy) is 1. The monoisotopic (exact) mass is 569 g/mol. The van der Waals surface area contributed by atoms with Crippen LogP contribution in [0.3, 0.4) is 0 Å². The van der Waals surface area contributed by atoms with E-state index in [2.05, 4.69) is 5.32 Å². The van der Waals surface area contributed by atoms with E-state index in [-0.39, 0.29) is 23.0 Å². The summed E-state index contributed by atoms with van der Waals surface area (Å²) in [4.78, 5) is 28.4. The summed E-state index contributed by atoms with van der Waals surface area (Å²) in [6, 6.07) is 17.7. The highest BCUT2D eigenvalue weighted by Gasteiger charge is 2.34. The maximum Gasteiger partial charge on any atom is 0.264 e. The number of carbonyl (C=O) groups is 2. The van der Waals surface area contributed by atoms with Crippen LogP contribution in [0.1, 0.15) is 37.8 Å². The third-order valence-electron chi connectivity index (χ3n) is 6.46. The minimum Gasteiger partial charge on any atom is -0.497 e. The summed E-state index contributed by atoms with van der Waals surface area (Å²) >= 11 is 0. The van der Waals surface area contributed by atoms with Gasteiger partial charge in [-0.15, -0.1) is 0 Å². The smallest absolute Gasteiger partial charge is 0.264 e. The molecule has 10 heteroatoms. The average molecular weight is 570 g/mol. The van der Waals surface area contributed by atoms with Gasteiger partial charge in [0.05, 0.1) is 17.7 Å².